The molecule has 4 heterocycles. The molecule has 4 aromatic rings. The minimum absolute atomic E-state index is 0.0164. The van der Waals surface area contributed by atoms with Gasteiger partial charge in [0.05, 0.1) is 34.3 Å². The molecular weight excluding hydrogens is 461 g/mol. The van der Waals surface area contributed by atoms with Crippen LogP contribution in [0.4, 0.5) is 5.82 Å². The van der Waals surface area contributed by atoms with Gasteiger partial charge in [0.2, 0.25) is 0 Å². The molecule has 0 amide bonds. The molecule has 0 N–H and O–H groups in total. The van der Waals surface area contributed by atoms with Gasteiger partial charge in [-0.1, -0.05) is 41.4 Å². The summed E-state index contributed by atoms with van der Waals surface area (Å²) >= 11 is 12.4. The second kappa shape index (κ2) is 7.71. The van der Waals surface area contributed by atoms with E-state index < -0.39 is 5.60 Å². The van der Waals surface area contributed by atoms with Crippen molar-refractivity contribution < 1.29 is 9.53 Å². The number of benzene rings is 2. The monoisotopic (exact) mass is 479 g/mol. The summed E-state index contributed by atoms with van der Waals surface area (Å²) in [7, 11) is 0. The van der Waals surface area contributed by atoms with E-state index in [4.69, 9.17) is 27.9 Å². The molecular formula is C24H19Cl2N5O2. The van der Waals surface area contributed by atoms with Crippen molar-refractivity contribution >= 4 is 45.8 Å². The van der Waals surface area contributed by atoms with E-state index in [1.165, 1.54) is 0 Å². The molecule has 33 heavy (non-hydrogen) atoms. The van der Waals surface area contributed by atoms with Crippen LogP contribution in [0.15, 0.2) is 55.0 Å². The van der Waals surface area contributed by atoms with E-state index in [0.29, 0.717) is 53.7 Å². The number of piperidine rings is 1. The molecule has 0 bridgehead atoms. The number of nitrogens with zero attached hydrogens (tertiary/aromatic N) is 5. The lowest BCUT2D eigenvalue weighted by molar-refractivity contribution is 0.0232. The Hall–Kier alpha value is -3.16. The fourth-order valence-corrected chi connectivity index (χ4v) is 5.29. The van der Waals surface area contributed by atoms with Gasteiger partial charge >= 0.3 is 0 Å². The van der Waals surface area contributed by atoms with Crippen molar-refractivity contribution in [2.24, 2.45) is 0 Å². The highest BCUT2D eigenvalue weighted by Crippen LogP contribution is 2.44. The fraction of sp³-hybridized carbons (Fsp3) is 0.250. The van der Waals surface area contributed by atoms with Crippen LogP contribution in [0.2, 0.25) is 10.0 Å². The minimum Gasteiger partial charge on any atom is -0.484 e. The van der Waals surface area contributed by atoms with Gasteiger partial charge in [-0.3, -0.25) is 4.79 Å². The van der Waals surface area contributed by atoms with Gasteiger partial charge in [0.1, 0.15) is 23.5 Å². The number of para-hydroxylation sites is 1. The zero-order valence-electron chi connectivity index (χ0n) is 17.5. The van der Waals surface area contributed by atoms with E-state index in [1.54, 1.807) is 18.5 Å². The van der Waals surface area contributed by atoms with Gasteiger partial charge < -0.3 is 9.64 Å². The van der Waals surface area contributed by atoms with Gasteiger partial charge in [0.25, 0.3) is 0 Å². The number of ether oxygens (including phenoxy) is 1. The van der Waals surface area contributed by atoms with Crippen LogP contribution in [0.5, 0.6) is 5.75 Å². The highest BCUT2D eigenvalue weighted by atomic mass is 35.5. The Morgan fingerprint density at radius 3 is 2.61 bits per heavy atom. The quantitative estimate of drug-likeness (QED) is 0.396. The first-order chi connectivity index (χ1) is 16.0. The summed E-state index contributed by atoms with van der Waals surface area (Å²) in [5.41, 5.74) is 1.59. The predicted molar refractivity (Wildman–Crippen MR) is 127 cm³/mol. The number of carbonyl (C=O) groups is 1. The van der Waals surface area contributed by atoms with Gasteiger partial charge in [-0.15, -0.1) is 0 Å². The number of carbonyl (C=O) groups excluding carboxylic acids is 1. The van der Waals surface area contributed by atoms with E-state index in [1.807, 2.05) is 41.2 Å². The van der Waals surface area contributed by atoms with Crippen molar-refractivity contribution in [3.05, 3.63) is 70.6 Å². The van der Waals surface area contributed by atoms with Crippen LogP contribution in [0, 0.1) is 0 Å². The Kier molecular flexibility index (Phi) is 4.78. The molecule has 1 spiro atoms. The molecule has 0 saturated carbocycles. The second-order valence-corrected chi connectivity index (χ2v) is 9.31. The van der Waals surface area contributed by atoms with Crippen molar-refractivity contribution in [1.29, 1.82) is 0 Å². The topological polar surface area (TPSA) is 73.1 Å². The number of fused-ring (bicyclic) bond motifs is 2. The third kappa shape index (κ3) is 3.43. The lowest BCUT2D eigenvalue weighted by Crippen LogP contribution is -2.51. The lowest BCUT2D eigenvalue weighted by Gasteiger charge is -2.44. The van der Waals surface area contributed by atoms with E-state index in [9.17, 15) is 4.79 Å². The summed E-state index contributed by atoms with van der Waals surface area (Å²) in [6.07, 6.45) is 5.05. The van der Waals surface area contributed by atoms with Crippen LogP contribution in [0.3, 0.4) is 0 Å². The summed E-state index contributed by atoms with van der Waals surface area (Å²) in [5, 5.41) is 6.25. The van der Waals surface area contributed by atoms with Crippen molar-refractivity contribution in [2.45, 2.75) is 24.9 Å². The molecule has 0 atom stereocenters. The first kappa shape index (κ1) is 20.4. The number of halogens is 2. The van der Waals surface area contributed by atoms with Crippen molar-refractivity contribution in [3.63, 3.8) is 0 Å². The normalized spacial score (nSPS) is 17.3. The molecule has 1 fully saturated rings. The Bertz CT molecular complexity index is 1380. The van der Waals surface area contributed by atoms with Gasteiger partial charge in [-0.05, 0) is 24.3 Å². The number of hydrogen-bond acceptors (Lipinski definition) is 6. The Morgan fingerprint density at radius 1 is 1.03 bits per heavy atom. The second-order valence-electron chi connectivity index (χ2n) is 8.46. The van der Waals surface area contributed by atoms with Crippen LogP contribution < -0.4 is 9.64 Å². The van der Waals surface area contributed by atoms with Crippen molar-refractivity contribution in [2.75, 3.05) is 18.0 Å². The summed E-state index contributed by atoms with van der Waals surface area (Å²) in [5.74, 6) is 1.30. The molecule has 9 heteroatoms. The molecule has 0 unspecified atom stereocenters. The van der Waals surface area contributed by atoms with Crippen molar-refractivity contribution in [3.8, 4) is 11.4 Å². The van der Waals surface area contributed by atoms with E-state index in [-0.39, 0.29) is 5.78 Å². The number of aromatic nitrogens is 4. The highest BCUT2D eigenvalue weighted by Gasteiger charge is 2.44. The fourth-order valence-electron chi connectivity index (χ4n) is 4.76. The Morgan fingerprint density at radius 2 is 1.82 bits per heavy atom. The molecule has 2 aliphatic rings. The van der Waals surface area contributed by atoms with Gasteiger partial charge in [0.15, 0.2) is 11.4 Å². The smallest absolute Gasteiger partial charge is 0.170 e. The van der Waals surface area contributed by atoms with E-state index >= 15 is 0 Å². The number of anilines is 1. The molecule has 2 aromatic heterocycles. The molecule has 166 valence electrons. The predicted octanol–water partition coefficient (Wildman–Crippen LogP) is 5.13. The van der Waals surface area contributed by atoms with Gasteiger partial charge in [-0.25, -0.2) is 14.6 Å². The number of Topliss-reactive ketones (excluding diaryl/α,β-unsaturated/α-hetero) is 1. The van der Waals surface area contributed by atoms with Crippen LogP contribution in [-0.4, -0.2) is 44.2 Å². The van der Waals surface area contributed by atoms with Crippen molar-refractivity contribution in [1.82, 2.24) is 19.7 Å². The maximum absolute atomic E-state index is 12.9. The SMILES string of the molecule is O=C1CC2(CCN(c3ncnc4c3cnn4-c3ccccc3)CC2)Oc2c(Cl)cc(Cl)cc21. The summed E-state index contributed by atoms with van der Waals surface area (Å²) in [4.78, 5) is 24.1. The highest BCUT2D eigenvalue weighted by molar-refractivity contribution is 6.36. The number of rotatable bonds is 2. The number of ketones is 1. The van der Waals surface area contributed by atoms with Crippen LogP contribution in [-0.2, 0) is 0 Å². The average molecular weight is 480 g/mol. The van der Waals surface area contributed by atoms with Gasteiger partial charge in [-0.2, -0.15) is 5.10 Å². The molecule has 2 aliphatic heterocycles. The standard InChI is InChI=1S/C24H19Cl2N5O2/c25-15-10-17-20(32)12-24(33-21(17)19(26)11-15)6-8-30(9-7-24)22-18-13-29-31(23(18)28-14-27-22)16-4-2-1-3-5-16/h1-5,10-11,13-14H,6-9,12H2. The van der Waals surface area contributed by atoms with Crippen LogP contribution in [0.1, 0.15) is 29.6 Å². The molecule has 0 aliphatic carbocycles. The minimum atomic E-state index is -0.571. The summed E-state index contributed by atoms with van der Waals surface area (Å²) in [6.45, 7) is 1.38. The van der Waals surface area contributed by atoms with E-state index in [0.717, 1.165) is 22.5 Å². The summed E-state index contributed by atoms with van der Waals surface area (Å²) < 4.78 is 8.18. The molecule has 0 radical (unpaired) electrons. The maximum atomic E-state index is 12.9. The molecule has 1 saturated heterocycles. The molecule has 6 rings (SSSR count). The maximum Gasteiger partial charge on any atom is 0.170 e. The van der Waals surface area contributed by atoms with E-state index in [2.05, 4.69) is 20.0 Å². The Labute approximate surface area is 199 Å². The first-order valence-electron chi connectivity index (χ1n) is 10.7. The zero-order chi connectivity index (χ0) is 22.6. The molecule has 2 aromatic carbocycles. The third-order valence-electron chi connectivity index (χ3n) is 6.43. The zero-order valence-corrected chi connectivity index (χ0v) is 19.1. The number of hydrogen-bond donors (Lipinski definition) is 0. The third-order valence-corrected chi connectivity index (χ3v) is 6.93. The van der Waals surface area contributed by atoms with Crippen LogP contribution >= 0.6 is 23.2 Å². The van der Waals surface area contributed by atoms with Gasteiger partial charge in [0, 0.05) is 31.0 Å². The lowest BCUT2D eigenvalue weighted by atomic mass is 9.82. The summed E-state index contributed by atoms with van der Waals surface area (Å²) in [6, 6.07) is 13.1. The first-order valence-corrected chi connectivity index (χ1v) is 11.5. The molecule has 7 nitrogen and oxygen atoms in total. The Balaban J connectivity index is 1.28. The average Bonchev–Trinajstić information content (AvgIpc) is 3.26. The van der Waals surface area contributed by atoms with Crippen LogP contribution in [0.25, 0.3) is 16.7 Å². The largest absolute Gasteiger partial charge is 0.484 e.